The number of halogens is 1. The molecule has 4 rings (SSSR count). The predicted octanol–water partition coefficient (Wildman–Crippen LogP) is 0.141. The Labute approximate surface area is 200 Å². The smallest absolute Gasteiger partial charge is 0.270 e. The molecule has 0 aromatic carbocycles. The Morgan fingerprint density at radius 2 is 1.94 bits per heavy atom. The van der Waals surface area contributed by atoms with E-state index in [1.165, 1.54) is 27.4 Å². The van der Waals surface area contributed by atoms with Gasteiger partial charge in [-0.2, -0.15) is 4.98 Å². The summed E-state index contributed by atoms with van der Waals surface area (Å²) in [6.45, 7) is 0.850. The van der Waals surface area contributed by atoms with Gasteiger partial charge in [-0.3, -0.25) is 9.36 Å². The molecular weight excluding hydrogens is 508 g/mol. The second-order valence-electron chi connectivity index (χ2n) is 7.94. The van der Waals surface area contributed by atoms with Crippen LogP contribution in [0, 0.1) is 0 Å². The van der Waals surface area contributed by atoms with Crippen molar-refractivity contribution in [1.29, 1.82) is 0 Å². The largest absolute Gasteiger partial charge is 0.351 e. The van der Waals surface area contributed by atoms with Crippen molar-refractivity contribution in [2.75, 3.05) is 30.4 Å². The zero-order chi connectivity index (χ0) is 24.5. The molecule has 0 amide bonds. The van der Waals surface area contributed by atoms with Gasteiger partial charge in [0.1, 0.15) is 23.3 Å². The second-order valence-corrected chi connectivity index (χ2v) is 12.3. The van der Waals surface area contributed by atoms with Crippen LogP contribution >= 0.6 is 11.6 Å². The zero-order valence-electron chi connectivity index (χ0n) is 18.2. The van der Waals surface area contributed by atoms with Gasteiger partial charge in [0.15, 0.2) is 0 Å². The Hall–Kier alpha value is -2.62. The van der Waals surface area contributed by atoms with Crippen molar-refractivity contribution in [3.05, 3.63) is 40.3 Å². The number of hydrogen-bond donors (Lipinski definition) is 1. The summed E-state index contributed by atoms with van der Waals surface area (Å²) in [6.07, 6.45) is 6.24. The number of rotatable bonds is 8. The number of fused-ring (bicyclic) bond motifs is 1. The summed E-state index contributed by atoms with van der Waals surface area (Å²) in [5.74, 6) is 0.0299. The normalized spacial score (nSPS) is 16.2. The van der Waals surface area contributed by atoms with Crippen molar-refractivity contribution in [2.24, 2.45) is 0 Å². The Morgan fingerprint density at radius 3 is 2.59 bits per heavy atom. The minimum Gasteiger partial charge on any atom is -0.351 e. The van der Waals surface area contributed by atoms with E-state index in [2.05, 4.69) is 25.4 Å². The molecule has 0 atom stereocenters. The van der Waals surface area contributed by atoms with Gasteiger partial charge >= 0.3 is 0 Å². The van der Waals surface area contributed by atoms with Crippen molar-refractivity contribution >= 4 is 48.6 Å². The fourth-order valence-electron chi connectivity index (χ4n) is 3.75. The van der Waals surface area contributed by atoms with E-state index in [0.29, 0.717) is 37.0 Å². The molecule has 0 radical (unpaired) electrons. The molecule has 0 saturated carbocycles. The number of nitrogens with one attached hydrogen (secondary N) is 1. The van der Waals surface area contributed by atoms with Gasteiger partial charge in [-0.1, -0.05) is 11.6 Å². The van der Waals surface area contributed by atoms with Gasteiger partial charge in [-0.25, -0.2) is 31.1 Å². The summed E-state index contributed by atoms with van der Waals surface area (Å²) >= 11 is 6.09. The lowest BCUT2D eigenvalue weighted by Crippen LogP contribution is -2.42. The molecular formula is C18H23ClN8O5S2. The molecule has 1 saturated heterocycles. The minimum atomic E-state index is -3.70. The van der Waals surface area contributed by atoms with E-state index in [1.807, 2.05) is 0 Å². The molecule has 4 heterocycles. The monoisotopic (exact) mass is 530 g/mol. The first-order valence-corrected chi connectivity index (χ1v) is 14.2. The maximum Gasteiger partial charge on any atom is 0.270 e. The molecule has 0 aliphatic carbocycles. The van der Waals surface area contributed by atoms with E-state index in [1.54, 1.807) is 0 Å². The third-order valence-electron chi connectivity index (χ3n) is 5.51. The van der Waals surface area contributed by atoms with E-state index in [4.69, 9.17) is 11.6 Å². The first-order valence-electron chi connectivity index (χ1n) is 10.4. The van der Waals surface area contributed by atoms with Crippen LogP contribution in [0.4, 0.5) is 5.95 Å². The lowest BCUT2D eigenvalue weighted by molar-refractivity contribution is 0.331. The molecule has 16 heteroatoms. The number of nitrogens with zero attached hydrogens (tertiary/aromatic N) is 7. The molecule has 3 aromatic rings. The Kier molecular flexibility index (Phi) is 6.89. The van der Waals surface area contributed by atoms with Crippen LogP contribution in [-0.2, 0) is 26.6 Å². The van der Waals surface area contributed by atoms with E-state index < -0.39 is 25.6 Å². The van der Waals surface area contributed by atoms with Crippen molar-refractivity contribution in [3.63, 3.8) is 0 Å². The fraction of sp³-hybridized carbons (Fsp3) is 0.500. The van der Waals surface area contributed by atoms with Crippen LogP contribution in [0.3, 0.4) is 0 Å². The van der Waals surface area contributed by atoms with Crippen LogP contribution in [0.2, 0.25) is 5.02 Å². The van der Waals surface area contributed by atoms with Crippen LogP contribution in [0.5, 0.6) is 0 Å². The number of sulfonamides is 1. The molecule has 1 fully saturated rings. The van der Waals surface area contributed by atoms with Crippen LogP contribution in [-0.4, -0.2) is 81.0 Å². The maximum atomic E-state index is 12.7. The fourth-order valence-corrected chi connectivity index (χ4v) is 5.91. The number of aryl methyl sites for hydroxylation is 1. The molecule has 0 spiro atoms. The summed E-state index contributed by atoms with van der Waals surface area (Å²) in [6, 6.07) is 1.44. The van der Waals surface area contributed by atoms with Crippen LogP contribution < -0.4 is 10.9 Å². The highest BCUT2D eigenvalue weighted by Crippen LogP contribution is 2.19. The number of pyridine rings is 1. The van der Waals surface area contributed by atoms with Gasteiger partial charge in [0.25, 0.3) is 15.6 Å². The van der Waals surface area contributed by atoms with Crippen molar-refractivity contribution in [2.45, 2.75) is 31.8 Å². The summed E-state index contributed by atoms with van der Waals surface area (Å²) in [5.41, 5.74) is -0.169. The van der Waals surface area contributed by atoms with E-state index in [-0.39, 0.29) is 35.7 Å². The summed E-state index contributed by atoms with van der Waals surface area (Å²) in [5, 5.41) is 7.35. The SMILES string of the molecule is CS(=O)(=O)N1CCC(Nc2ncc3cc(Cl)c(=O)n(CCCS(=O)(=O)n4cncn4)c3n2)CC1. The maximum absolute atomic E-state index is 12.7. The van der Waals surface area contributed by atoms with Crippen LogP contribution in [0.1, 0.15) is 19.3 Å². The number of aromatic nitrogens is 6. The Balaban J connectivity index is 1.52. The topological polar surface area (TPSA) is 162 Å². The van der Waals surface area contributed by atoms with Gasteiger partial charge < -0.3 is 5.32 Å². The molecule has 1 aliphatic rings. The lowest BCUT2D eigenvalue weighted by Gasteiger charge is -2.30. The summed E-state index contributed by atoms with van der Waals surface area (Å²) in [4.78, 5) is 25.1. The Morgan fingerprint density at radius 1 is 1.21 bits per heavy atom. The van der Waals surface area contributed by atoms with E-state index in [0.717, 1.165) is 16.7 Å². The highest BCUT2D eigenvalue weighted by molar-refractivity contribution is 7.89. The molecule has 1 N–H and O–H groups in total. The van der Waals surface area contributed by atoms with Gasteiger partial charge in [0.2, 0.25) is 16.0 Å². The van der Waals surface area contributed by atoms with Gasteiger partial charge in [0, 0.05) is 37.3 Å². The average molecular weight is 531 g/mol. The second kappa shape index (κ2) is 9.56. The van der Waals surface area contributed by atoms with Crippen molar-refractivity contribution in [3.8, 4) is 0 Å². The molecule has 0 unspecified atom stereocenters. The van der Waals surface area contributed by atoms with Crippen molar-refractivity contribution < 1.29 is 16.8 Å². The number of hydrogen-bond acceptors (Lipinski definition) is 10. The number of anilines is 1. The van der Waals surface area contributed by atoms with Gasteiger partial charge in [-0.05, 0) is 25.3 Å². The standard InChI is InChI=1S/C18H23ClN8O5S2/c1-33(29,30)25-6-3-14(4-7-25)23-18-21-10-13-9-15(19)17(28)26(16(13)24-18)5-2-8-34(31,32)27-12-20-11-22-27/h9-12,14H,2-8H2,1H3,(H,21,23,24). The molecule has 1 aliphatic heterocycles. The third kappa shape index (κ3) is 5.37. The predicted molar refractivity (Wildman–Crippen MR) is 126 cm³/mol. The zero-order valence-corrected chi connectivity index (χ0v) is 20.6. The summed E-state index contributed by atoms with van der Waals surface area (Å²) < 4.78 is 51.6. The third-order valence-corrected chi connectivity index (χ3v) is 8.64. The average Bonchev–Trinajstić information content (AvgIpc) is 3.33. The van der Waals surface area contributed by atoms with Gasteiger partial charge in [-0.15, -0.1) is 9.19 Å². The van der Waals surface area contributed by atoms with E-state index >= 15 is 0 Å². The highest BCUT2D eigenvalue weighted by atomic mass is 35.5. The Bertz CT molecular complexity index is 1450. The number of piperidine rings is 1. The highest BCUT2D eigenvalue weighted by Gasteiger charge is 2.25. The van der Waals surface area contributed by atoms with Crippen LogP contribution in [0.15, 0.2) is 29.7 Å². The minimum absolute atomic E-state index is 0.0240. The molecule has 34 heavy (non-hydrogen) atoms. The molecule has 3 aromatic heterocycles. The molecule has 13 nitrogen and oxygen atoms in total. The van der Waals surface area contributed by atoms with E-state index in [9.17, 15) is 21.6 Å². The van der Waals surface area contributed by atoms with Crippen LogP contribution in [0.25, 0.3) is 11.0 Å². The first kappa shape index (κ1) is 24.5. The van der Waals surface area contributed by atoms with Gasteiger partial charge in [0.05, 0.1) is 12.0 Å². The molecule has 184 valence electrons. The molecule has 0 bridgehead atoms. The quantitative estimate of drug-likeness (QED) is 0.424. The first-order chi connectivity index (χ1) is 16.0. The van der Waals surface area contributed by atoms with Crippen molar-refractivity contribution in [1.82, 2.24) is 33.0 Å². The summed E-state index contributed by atoms with van der Waals surface area (Å²) in [7, 11) is -6.93. The lowest BCUT2D eigenvalue weighted by atomic mass is 10.1.